The molecule has 104 valence electrons. The summed E-state index contributed by atoms with van der Waals surface area (Å²) in [6, 6.07) is 9.71. The number of amides is 2. The molecule has 0 aliphatic heterocycles. The Hall–Kier alpha value is -1.84. The lowest BCUT2D eigenvalue weighted by molar-refractivity contribution is -0.151. The number of benzene rings is 1. The van der Waals surface area contributed by atoms with Crippen LogP contribution in [0.3, 0.4) is 0 Å². The number of likely N-dealkylation sites (N-methyl/N-ethyl adjacent to an activating group) is 2. The lowest BCUT2D eigenvalue weighted by Gasteiger charge is -2.24. The Bertz CT molecular complexity index is 413. The highest BCUT2D eigenvalue weighted by molar-refractivity contribution is 6.34. The van der Waals surface area contributed by atoms with E-state index >= 15 is 0 Å². The summed E-state index contributed by atoms with van der Waals surface area (Å²) in [7, 11) is 0. The number of carbonyl (C=O) groups is 2. The average Bonchev–Trinajstić information content (AvgIpc) is 2.46. The van der Waals surface area contributed by atoms with E-state index in [4.69, 9.17) is 0 Å². The number of nitrogens with zero attached hydrogens (tertiary/aromatic N) is 2. The third-order valence-corrected chi connectivity index (χ3v) is 3.12. The van der Waals surface area contributed by atoms with Crippen LogP contribution in [0.5, 0.6) is 0 Å². The van der Waals surface area contributed by atoms with Crippen molar-refractivity contribution in [2.75, 3.05) is 19.6 Å². The molecule has 0 radical (unpaired) electrons. The Morgan fingerprint density at radius 3 is 1.79 bits per heavy atom. The SMILES string of the molecule is CCN(CC)C(=O)C(=O)N(CC)Cc1ccccc1. The van der Waals surface area contributed by atoms with Crippen molar-refractivity contribution in [2.45, 2.75) is 27.3 Å². The molecule has 4 heteroatoms. The molecule has 0 spiro atoms. The molecule has 0 aliphatic rings. The maximum Gasteiger partial charge on any atom is 0.312 e. The van der Waals surface area contributed by atoms with Crippen LogP contribution in [0.15, 0.2) is 30.3 Å². The van der Waals surface area contributed by atoms with Crippen LogP contribution in [0.1, 0.15) is 26.3 Å². The van der Waals surface area contributed by atoms with E-state index in [2.05, 4.69) is 0 Å². The molecule has 0 bridgehead atoms. The number of rotatable bonds is 5. The van der Waals surface area contributed by atoms with Crippen molar-refractivity contribution in [3.63, 3.8) is 0 Å². The molecule has 0 heterocycles. The van der Waals surface area contributed by atoms with E-state index in [9.17, 15) is 9.59 Å². The molecule has 0 saturated heterocycles. The van der Waals surface area contributed by atoms with Crippen molar-refractivity contribution in [2.24, 2.45) is 0 Å². The summed E-state index contributed by atoms with van der Waals surface area (Å²) < 4.78 is 0. The van der Waals surface area contributed by atoms with Crippen LogP contribution in [-0.2, 0) is 16.1 Å². The Labute approximate surface area is 115 Å². The Kier molecular flexibility index (Phi) is 6.06. The van der Waals surface area contributed by atoms with Gasteiger partial charge in [0.1, 0.15) is 0 Å². The molecule has 0 fully saturated rings. The summed E-state index contributed by atoms with van der Waals surface area (Å²) in [5, 5.41) is 0. The van der Waals surface area contributed by atoms with Gasteiger partial charge >= 0.3 is 11.8 Å². The Balaban J connectivity index is 2.74. The van der Waals surface area contributed by atoms with Gasteiger partial charge in [-0.1, -0.05) is 30.3 Å². The van der Waals surface area contributed by atoms with Crippen LogP contribution in [0.25, 0.3) is 0 Å². The van der Waals surface area contributed by atoms with Gasteiger partial charge in [-0.05, 0) is 26.3 Å². The molecule has 2 amide bonds. The number of carbonyl (C=O) groups excluding carboxylic acids is 2. The summed E-state index contributed by atoms with van der Waals surface area (Å²) in [6.07, 6.45) is 0. The van der Waals surface area contributed by atoms with Gasteiger partial charge in [0, 0.05) is 26.2 Å². The van der Waals surface area contributed by atoms with Gasteiger partial charge in [-0.2, -0.15) is 0 Å². The van der Waals surface area contributed by atoms with E-state index in [1.807, 2.05) is 51.1 Å². The molecule has 0 atom stereocenters. The predicted molar refractivity (Wildman–Crippen MR) is 75.5 cm³/mol. The second kappa shape index (κ2) is 7.56. The summed E-state index contributed by atoms with van der Waals surface area (Å²) in [6.45, 7) is 7.76. The zero-order valence-corrected chi connectivity index (χ0v) is 11.9. The van der Waals surface area contributed by atoms with Crippen LogP contribution in [0.2, 0.25) is 0 Å². The maximum absolute atomic E-state index is 12.2. The van der Waals surface area contributed by atoms with Crippen molar-refractivity contribution < 1.29 is 9.59 Å². The molecule has 0 N–H and O–H groups in total. The summed E-state index contributed by atoms with van der Waals surface area (Å²) in [5.41, 5.74) is 1.03. The first kappa shape index (κ1) is 15.2. The zero-order valence-electron chi connectivity index (χ0n) is 11.9. The molecule has 0 saturated carbocycles. The largest absolute Gasteiger partial charge is 0.335 e. The Morgan fingerprint density at radius 1 is 0.842 bits per heavy atom. The lowest BCUT2D eigenvalue weighted by atomic mass is 10.2. The first-order valence-corrected chi connectivity index (χ1v) is 6.76. The van der Waals surface area contributed by atoms with Gasteiger partial charge in [0.25, 0.3) is 0 Å². The van der Waals surface area contributed by atoms with E-state index in [0.717, 1.165) is 5.56 Å². The van der Waals surface area contributed by atoms with Gasteiger partial charge in [0.05, 0.1) is 0 Å². The van der Waals surface area contributed by atoms with Crippen molar-refractivity contribution >= 4 is 11.8 Å². The standard InChI is InChI=1S/C15H22N2O2/c1-4-16(5-2)14(18)15(19)17(6-3)12-13-10-8-7-9-11-13/h7-11H,4-6,12H2,1-3H3. The molecule has 4 nitrogen and oxygen atoms in total. The lowest BCUT2D eigenvalue weighted by Crippen LogP contribution is -2.44. The van der Waals surface area contributed by atoms with Crippen LogP contribution in [-0.4, -0.2) is 41.2 Å². The van der Waals surface area contributed by atoms with Crippen molar-refractivity contribution in [1.82, 2.24) is 9.80 Å². The highest BCUT2D eigenvalue weighted by Crippen LogP contribution is 2.06. The van der Waals surface area contributed by atoms with Crippen LogP contribution >= 0.6 is 0 Å². The molecular formula is C15H22N2O2. The zero-order chi connectivity index (χ0) is 14.3. The van der Waals surface area contributed by atoms with E-state index in [0.29, 0.717) is 26.2 Å². The summed E-state index contributed by atoms with van der Waals surface area (Å²) in [5.74, 6) is -0.835. The molecule has 19 heavy (non-hydrogen) atoms. The van der Waals surface area contributed by atoms with Gasteiger partial charge in [-0.15, -0.1) is 0 Å². The van der Waals surface area contributed by atoms with Crippen molar-refractivity contribution in [3.05, 3.63) is 35.9 Å². The summed E-state index contributed by atoms with van der Waals surface area (Å²) in [4.78, 5) is 27.3. The van der Waals surface area contributed by atoms with Gasteiger partial charge in [-0.25, -0.2) is 0 Å². The topological polar surface area (TPSA) is 40.6 Å². The fourth-order valence-corrected chi connectivity index (χ4v) is 1.91. The minimum Gasteiger partial charge on any atom is -0.335 e. The van der Waals surface area contributed by atoms with Crippen molar-refractivity contribution in [1.29, 1.82) is 0 Å². The molecule has 0 aromatic heterocycles. The van der Waals surface area contributed by atoms with Crippen LogP contribution in [0, 0.1) is 0 Å². The second-order valence-corrected chi connectivity index (χ2v) is 4.28. The fraction of sp³-hybridized carbons (Fsp3) is 0.467. The first-order valence-electron chi connectivity index (χ1n) is 6.76. The quantitative estimate of drug-likeness (QED) is 0.760. The average molecular weight is 262 g/mol. The fourth-order valence-electron chi connectivity index (χ4n) is 1.91. The molecule has 0 aliphatic carbocycles. The number of hydrogen-bond acceptors (Lipinski definition) is 2. The first-order chi connectivity index (χ1) is 9.13. The van der Waals surface area contributed by atoms with Gasteiger partial charge in [-0.3, -0.25) is 9.59 Å². The van der Waals surface area contributed by atoms with E-state index in [-0.39, 0.29) is 0 Å². The Morgan fingerprint density at radius 2 is 1.32 bits per heavy atom. The molecule has 1 aromatic rings. The second-order valence-electron chi connectivity index (χ2n) is 4.28. The highest BCUT2D eigenvalue weighted by atomic mass is 16.2. The molecule has 1 aromatic carbocycles. The molecule has 0 unspecified atom stereocenters. The minimum atomic E-state index is -0.421. The monoisotopic (exact) mass is 262 g/mol. The van der Waals surface area contributed by atoms with Gasteiger partial charge < -0.3 is 9.80 Å². The predicted octanol–water partition coefficient (Wildman–Crippen LogP) is 1.90. The van der Waals surface area contributed by atoms with Gasteiger partial charge in [0.15, 0.2) is 0 Å². The van der Waals surface area contributed by atoms with Crippen LogP contribution in [0.4, 0.5) is 0 Å². The van der Waals surface area contributed by atoms with E-state index in [1.165, 1.54) is 0 Å². The molecule has 1 rings (SSSR count). The van der Waals surface area contributed by atoms with E-state index < -0.39 is 11.8 Å². The molecular weight excluding hydrogens is 240 g/mol. The third-order valence-electron chi connectivity index (χ3n) is 3.12. The normalized spacial score (nSPS) is 10.1. The maximum atomic E-state index is 12.2. The number of hydrogen-bond donors (Lipinski definition) is 0. The van der Waals surface area contributed by atoms with Crippen molar-refractivity contribution in [3.8, 4) is 0 Å². The minimum absolute atomic E-state index is 0.414. The highest BCUT2D eigenvalue weighted by Gasteiger charge is 2.24. The summed E-state index contributed by atoms with van der Waals surface area (Å²) >= 11 is 0. The smallest absolute Gasteiger partial charge is 0.312 e. The van der Waals surface area contributed by atoms with Gasteiger partial charge in [0.2, 0.25) is 0 Å². The van der Waals surface area contributed by atoms with Crippen LogP contribution < -0.4 is 0 Å². The van der Waals surface area contributed by atoms with E-state index in [1.54, 1.807) is 9.80 Å². The third kappa shape index (κ3) is 4.09.